The number of nitrogens with zero attached hydrogens (tertiary/aromatic N) is 1. The molecule has 0 aromatic carbocycles. The first kappa shape index (κ1) is 12.3. The molecule has 4 heteroatoms. The zero-order chi connectivity index (χ0) is 12.5. The maximum absolute atomic E-state index is 12.3. The molecule has 1 aliphatic heterocycles. The third-order valence-electron chi connectivity index (χ3n) is 5.02. The lowest BCUT2D eigenvalue weighted by molar-refractivity contribution is 0.0828. The standard InChI is InChI=1S/C14H24N2O2/c17-13-8-2-6-11(13)12-7-3-9-16(12)14(18)15-10-4-1-5-10/h10-13,17H,1-9H2,(H,15,18). The van der Waals surface area contributed by atoms with Crippen molar-refractivity contribution < 1.29 is 9.90 Å². The van der Waals surface area contributed by atoms with Crippen molar-refractivity contribution in [3.8, 4) is 0 Å². The second-order valence-corrected chi connectivity index (χ2v) is 6.14. The summed E-state index contributed by atoms with van der Waals surface area (Å²) in [6.07, 6.45) is 8.60. The summed E-state index contributed by atoms with van der Waals surface area (Å²) < 4.78 is 0. The Morgan fingerprint density at radius 2 is 1.83 bits per heavy atom. The van der Waals surface area contributed by atoms with Gasteiger partial charge in [0.1, 0.15) is 0 Å². The van der Waals surface area contributed by atoms with Crippen LogP contribution in [0.15, 0.2) is 0 Å². The van der Waals surface area contributed by atoms with Crippen LogP contribution in [0.4, 0.5) is 4.79 Å². The van der Waals surface area contributed by atoms with E-state index in [2.05, 4.69) is 5.32 Å². The monoisotopic (exact) mass is 252 g/mol. The van der Waals surface area contributed by atoms with E-state index in [4.69, 9.17) is 0 Å². The third-order valence-corrected chi connectivity index (χ3v) is 5.02. The van der Waals surface area contributed by atoms with Crippen LogP contribution in [-0.2, 0) is 0 Å². The topological polar surface area (TPSA) is 52.6 Å². The van der Waals surface area contributed by atoms with Gasteiger partial charge in [0.05, 0.1) is 6.10 Å². The van der Waals surface area contributed by atoms with Gasteiger partial charge >= 0.3 is 6.03 Å². The molecule has 2 amide bonds. The van der Waals surface area contributed by atoms with E-state index in [-0.39, 0.29) is 18.2 Å². The van der Waals surface area contributed by atoms with Crippen molar-refractivity contribution in [3.63, 3.8) is 0 Å². The van der Waals surface area contributed by atoms with Gasteiger partial charge in [0, 0.05) is 24.5 Å². The Morgan fingerprint density at radius 3 is 2.44 bits per heavy atom. The minimum Gasteiger partial charge on any atom is -0.393 e. The van der Waals surface area contributed by atoms with Crippen molar-refractivity contribution in [1.82, 2.24) is 10.2 Å². The highest BCUT2D eigenvalue weighted by Gasteiger charge is 2.40. The summed E-state index contributed by atoms with van der Waals surface area (Å²) in [5.74, 6) is 0.319. The van der Waals surface area contributed by atoms with Gasteiger partial charge in [-0.3, -0.25) is 0 Å². The molecule has 102 valence electrons. The Labute approximate surface area is 109 Å². The first-order valence-corrected chi connectivity index (χ1v) is 7.51. The average molecular weight is 252 g/mol. The van der Waals surface area contributed by atoms with E-state index < -0.39 is 0 Å². The van der Waals surface area contributed by atoms with Gasteiger partial charge < -0.3 is 15.3 Å². The van der Waals surface area contributed by atoms with E-state index in [1.165, 1.54) is 6.42 Å². The lowest BCUT2D eigenvalue weighted by atomic mass is 9.93. The average Bonchev–Trinajstić information content (AvgIpc) is 2.90. The summed E-state index contributed by atoms with van der Waals surface area (Å²) in [6.45, 7) is 0.867. The van der Waals surface area contributed by atoms with Crippen LogP contribution in [-0.4, -0.2) is 40.8 Å². The van der Waals surface area contributed by atoms with Crippen LogP contribution < -0.4 is 5.32 Å². The molecule has 0 aromatic heterocycles. The molecule has 3 atom stereocenters. The van der Waals surface area contributed by atoms with Crippen LogP contribution in [0.3, 0.4) is 0 Å². The van der Waals surface area contributed by atoms with Crippen LogP contribution in [0.25, 0.3) is 0 Å². The van der Waals surface area contributed by atoms with E-state index in [0.29, 0.717) is 12.0 Å². The van der Waals surface area contributed by atoms with Crippen molar-refractivity contribution in [2.75, 3.05) is 6.54 Å². The first-order valence-electron chi connectivity index (χ1n) is 7.51. The highest BCUT2D eigenvalue weighted by molar-refractivity contribution is 5.75. The number of urea groups is 1. The summed E-state index contributed by atoms with van der Waals surface area (Å²) in [5, 5.41) is 13.2. The second-order valence-electron chi connectivity index (χ2n) is 6.14. The van der Waals surface area contributed by atoms with Crippen molar-refractivity contribution in [2.24, 2.45) is 5.92 Å². The SMILES string of the molecule is O=C(NC1CCC1)N1CCCC1C1CCCC1O. The molecule has 3 unspecified atom stereocenters. The van der Waals surface area contributed by atoms with Gasteiger partial charge in [-0.25, -0.2) is 4.79 Å². The first-order chi connectivity index (χ1) is 8.75. The molecule has 3 aliphatic rings. The van der Waals surface area contributed by atoms with Crippen molar-refractivity contribution in [2.45, 2.75) is 69.6 Å². The van der Waals surface area contributed by atoms with E-state index in [9.17, 15) is 9.90 Å². The minimum atomic E-state index is -0.188. The Bertz CT molecular complexity index is 317. The summed E-state index contributed by atoms with van der Waals surface area (Å²) >= 11 is 0. The number of amides is 2. The fourth-order valence-corrected chi connectivity index (χ4v) is 3.72. The smallest absolute Gasteiger partial charge is 0.317 e. The van der Waals surface area contributed by atoms with Crippen LogP contribution in [0, 0.1) is 5.92 Å². The van der Waals surface area contributed by atoms with Gasteiger partial charge in [0.25, 0.3) is 0 Å². The van der Waals surface area contributed by atoms with Gasteiger partial charge in [-0.05, 0) is 44.9 Å². The van der Waals surface area contributed by atoms with Crippen molar-refractivity contribution in [1.29, 1.82) is 0 Å². The van der Waals surface area contributed by atoms with Crippen molar-refractivity contribution in [3.05, 3.63) is 0 Å². The number of nitrogens with one attached hydrogen (secondary N) is 1. The summed E-state index contributed by atoms with van der Waals surface area (Å²) in [4.78, 5) is 14.3. The highest BCUT2D eigenvalue weighted by atomic mass is 16.3. The number of hydrogen-bond donors (Lipinski definition) is 2. The van der Waals surface area contributed by atoms with Gasteiger partial charge in [0.2, 0.25) is 0 Å². The zero-order valence-electron chi connectivity index (χ0n) is 11.0. The maximum atomic E-state index is 12.3. The van der Waals surface area contributed by atoms with E-state index in [0.717, 1.165) is 51.5 Å². The van der Waals surface area contributed by atoms with Gasteiger partial charge in [-0.2, -0.15) is 0 Å². The predicted molar refractivity (Wildman–Crippen MR) is 69.2 cm³/mol. The van der Waals surface area contributed by atoms with E-state index in [1.54, 1.807) is 0 Å². The lowest BCUT2D eigenvalue weighted by Crippen LogP contribution is -2.51. The van der Waals surface area contributed by atoms with Crippen LogP contribution in [0.1, 0.15) is 51.4 Å². The Morgan fingerprint density at radius 1 is 1.06 bits per heavy atom. The van der Waals surface area contributed by atoms with Crippen molar-refractivity contribution >= 4 is 6.03 Å². The zero-order valence-corrected chi connectivity index (χ0v) is 11.0. The molecule has 0 bridgehead atoms. The molecule has 2 saturated carbocycles. The number of rotatable bonds is 2. The highest BCUT2D eigenvalue weighted by Crippen LogP contribution is 2.35. The molecule has 2 aliphatic carbocycles. The molecular formula is C14H24N2O2. The lowest BCUT2D eigenvalue weighted by Gasteiger charge is -2.34. The molecule has 4 nitrogen and oxygen atoms in total. The van der Waals surface area contributed by atoms with Gasteiger partial charge in [0.15, 0.2) is 0 Å². The van der Waals surface area contributed by atoms with Gasteiger partial charge in [-0.1, -0.05) is 6.42 Å². The van der Waals surface area contributed by atoms with Crippen LogP contribution in [0.5, 0.6) is 0 Å². The fraction of sp³-hybridized carbons (Fsp3) is 0.929. The predicted octanol–water partition coefficient (Wildman–Crippen LogP) is 1.87. The Hall–Kier alpha value is -0.770. The normalized spacial score (nSPS) is 36.7. The molecule has 1 saturated heterocycles. The Kier molecular flexibility index (Phi) is 3.46. The van der Waals surface area contributed by atoms with Crippen LogP contribution in [0.2, 0.25) is 0 Å². The maximum Gasteiger partial charge on any atom is 0.317 e. The molecule has 3 rings (SSSR count). The second kappa shape index (κ2) is 5.08. The molecule has 0 aromatic rings. The fourth-order valence-electron chi connectivity index (χ4n) is 3.72. The van der Waals surface area contributed by atoms with E-state index in [1.807, 2.05) is 4.90 Å². The number of likely N-dealkylation sites (tertiary alicyclic amines) is 1. The molecule has 3 fully saturated rings. The molecule has 2 N–H and O–H groups in total. The molecule has 0 radical (unpaired) electrons. The van der Waals surface area contributed by atoms with Gasteiger partial charge in [-0.15, -0.1) is 0 Å². The molecule has 0 spiro atoms. The molecule has 1 heterocycles. The minimum absolute atomic E-state index is 0.112. The molecular weight excluding hydrogens is 228 g/mol. The number of carbonyl (C=O) groups excluding carboxylic acids is 1. The third kappa shape index (κ3) is 2.22. The number of hydrogen-bond acceptors (Lipinski definition) is 2. The molecule has 18 heavy (non-hydrogen) atoms. The van der Waals surface area contributed by atoms with E-state index >= 15 is 0 Å². The van der Waals surface area contributed by atoms with Crippen LogP contribution >= 0.6 is 0 Å². The Balaban J connectivity index is 1.61. The largest absolute Gasteiger partial charge is 0.393 e. The number of carbonyl (C=O) groups is 1. The summed E-state index contributed by atoms with van der Waals surface area (Å²) in [5.41, 5.74) is 0. The number of aliphatic hydroxyl groups excluding tert-OH is 1. The summed E-state index contributed by atoms with van der Waals surface area (Å²) in [7, 11) is 0. The quantitative estimate of drug-likeness (QED) is 0.788. The number of aliphatic hydroxyl groups is 1. The summed E-state index contributed by atoms with van der Waals surface area (Å²) in [6, 6.07) is 0.802.